The first-order valence-electron chi connectivity index (χ1n) is 8.67. The highest BCUT2D eigenvalue weighted by atomic mass is 35.5. The predicted octanol–water partition coefficient (Wildman–Crippen LogP) is 3.59. The van der Waals surface area contributed by atoms with Gasteiger partial charge in [-0.2, -0.15) is 0 Å². The van der Waals surface area contributed by atoms with E-state index in [4.69, 9.17) is 16.3 Å². The number of hydrogen-bond donors (Lipinski definition) is 1. The molecule has 7 nitrogen and oxygen atoms in total. The molecule has 0 aliphatic rings. The number of ether oxygens (including phenoxy) is 1. The molecule has 11 heteroatoms. The van der Waals surface area contributed by atoms with E-state index in [0.717, 1.165) is 18.4 Å². The summed E-state index contributed by atoms with van der Waals surface area (Å²) in [6.07, 6.45) is 0.833. The second-order valence-corrected chi connectivity index (χ2v) is 8.50. The molecule has 2 rings (SSSR count). The van der Waals surface area contributed by atoms with E-state index in [1.807, 2.05) is 0 Å². The number of halogens is 3. The van der Waals surface area contributed by atoms with Gasteiger partial charge in [0.15, 0.2) is 11.6 Å². The Labute approximate surface area is 177 Å². The molecule has 162 valence electrons. The smallest absolute Gasteiger partial charge is 0.339 e. The fourth-order valence-electron chi connectivity index (χ4n) is 2.65. The lowest BCUT2D eigenvalue weighted by Gasteiger charge is -2.28. The van der Waals surface area contributed by atoms with Crippen LogP contribution in [-0.2, 0) is 19.6 Å². The second kappa shape index (κ2) is 9.40. The number of rotatable bonds is 7. The van der Waals surface area contributed by atoms with E-state index in [0.29, 0.717) is 10.4 Å². The first kappa shape index (κ1) is 23.6. The fourth-order valence-corrected chi connectivity index (χ4v) is 4.01. The van der Waals surface area contributed by atoms with Crippen molar-refractivity contribution in [2.24, 2.45) is 0 Å². The number of sulfonamides is 1. The van der Waals surface area contributed by atoms with Gasteiger partial charge in [0.2, 0.25) is 15.9 Å². The molecule has 0 heterocycles. The molecule has 0 spiro atoms. The van der Waals surface area contributed by atoms with Gasteiger partial charge < -0.3 is 10.1 Å². The van der Waals surface area contributed by atoms with Crippen LogP contribution in [0.25, 0.3) is 0 Å². The SMILES string of the molecule is CCOC(=O)c1cc(NC(=O)[C@H](C)N(c2ccc(F)c(F)c2)S(C)(=O)=O)ccc1Cl. The van der Waals surface area contributed by atoms with Gasteiger partial charge in [-0.15, -0.1) is 0 Å². The second-order valence-electron chi connectivity index (χ2n) is 6.24. The Bertz CT molecular complexity index is 1080. The Morgan fingerprint density at radius 3 is 2.40 bits per heavy atom. The summed E-state index contributed by atoms with van der Waals surface area (Å²) in [4.78, 5) is 24.6. The summed E-state index contributed by atoms with van der Waals surface area (Å²) in [5.41, 5.74) is -0.0371. The van der Waals surface area contributed by atoms with E-state index in [-0.39, 0.29) is 28.6 Å². The normalized spacial score (nSPS) is 12.2. The van der Waals surface area contributed by atoms with E-state index < -0.39 is 39.6 Å². The summed E-state index contributed by atoms with van der Waals surface area (Å²) in [6, 6.07) is 5.24. The molecular formula is C19H19ClF2N2O5S. The zero-order valence-electron chi connectivity index (χ0n) is 16.3. The number of carbonyl (C=O) groups excluding carboxylic acids is 2. The van der Waals surface area contributed by atoms with Crippen LogP contribution in [0.1, 0.15) is 24.2 Å². The first-order valence-corrected chi connectivity index (χ1v) is 10.9. The van der Waals surface area contributed by atoms with Crippen molar-refractivity contribution in [2.45, 2.75) is 19.9 Å². The maximum atomic E-state index is 13.6. The molecule has 0 unspecified atom stereocenters. The highest BCUT2D eigenvalue weighted by Crippen LogP contribution is 2.25. The third-order valence-electron chi connectivity index (χ3n) is 3.98. The Morgan fingerprint density at radius 2 is 1.83 bits per heavy atom. The third kappa shape index (κ3) is 5.45. The Balaban J connectivity index is 2.33. The molecule has 1 amide bonds. The number of nitrogens with one attached hydrogen (secondary N) is 1. The first-order chi connectivity index (χ1) is 14.0. The summed E-state index contributed by atoms with van der Waals surface area (Å²) in [6.45, 7) is 3.03. The maximum absolute atomic E-state index is 13.6. The van der Waals surface area contributed by atoms with Gasteiger partial charge >= 0.3 is 5.97 Å². The molecule has 0 aromatic heterocycles. The van der Waals surface area contributed by atoms with Gasteiger partial charge in [-0.1, -0.05) is 11.6 Å². The number of carbonyl (C=O) groups is 2. The molecule has 0 saturated heterocycles. The van der Waals surface area contributed by atoms with E-state index in [9.17, 15) is 26.8 Å². The molecule has 0 saturated carbocycles. The van der Waals surface area contributed by atoms with Crippen molar-refractivity contribution < 1.29 is 31.5 Å². The summed E-state index contributed by atoms with van der Waals surface area (Å²) in [7, 11) is -4.03. The van der Waals surface area contributed by atoms with Crippen molar-refractivity contribution in [2.75, 3.05) is 22.5 Å². The van der Waals surface area contributed by atoms with Crippen LogP contribution in [-0.4, -0.2) is 39.2 Å². The molecule has 0 radical (unpaired) electrons. The fraction of sp³-hybridized carbons (Fsp3) is 0.263. The van der Waals surface area contributed by atoms with Crippen LogP contribution >= 0.6 is 11.6 Å². The zero-order chi connectivity index (χ0) is 22.6. The lowest BCUT2D eigenvalue weighted by Crippen LogP contribution is -2.45. The summed E-state index contributed by atoms with van der Waals surface area (Å²) in [5, 5.41) is 2.59. The quantitative estimate of drug-likeness (QED) is 0.637. The molecule has 0 aliphatic carbocycles. The van der Waals surface area contributed by atoms with E-state index in [1.165, 1.54) is 25.1 Å². The van der Waals surface area contributed by atoms with E-state index >= 15 is 0 Å². The minimum atomic E-state index is -4.03. The van der Waals surface area contributed by atoms with Gasteiger partial charge in [-0.25, -0.2) is 22.0 Å². The van der Waals surface area contributed by atoms with Crippen molar-refractivity contribution >= 4 is 44.9 Å². The highest BCUT2D eigenvalue weighted by molar-refractivity contribution is 7.92. The lowest BCUT2D eigenvalue weighted by molar-refractivity contribution is -0.116. The number of amides is 1. The maximum Gasteiger partial charge on any atom is 0.339 e. The molecule has 2 aromatic carbocycles. The topological polar surface area (TPSA) is 92.8 Å². The average Bonchev–Trinajstić information content (AvgIpc) is 2.65. The average molecular weight is 461 g/mol. The standard InChI is InChI=1S/C19H19ClF2N2O5S/c1-4-29-19(26)14-9-12(5-7-15(14)20)23-18(25)11(2)24(30(3,27)28)13-6-8-16(21)17(22)10-13/h5-11H,4H2,1-3H3,(H,23,25)/t11-/m0/s1. The molecule has 0 aliphatic heterocycles. The summed E-state index contributed by atoms with van der Waals surface area (Å²) in [5.74, 6) is -3.88. The molecule has 0 bridgehead atoms. The number of hydrogen-bond acceptors (Lipinski definition) is 5. The molecule has 2 aromatic rings. The van der Waals surface area contributed by atoms with Crippen molar-refractivity contribution in [3.63, 3.8) is 0 Å². The number of esters is 1. The Kier molecular flexibility index (Phi) is 7.38. The minimum Gasteiger partial charge on any atom is -0.462 e. The van der Waals surface area contributed by atoms with E-state index in [2.05, 4.69) is 5.32 Å². The molecule has 0 fully saturated rings. The van der Waals surface area contributed by atoms with E-state index in [1.54, 1.807) is 6.92 Å². The predicted molar refractivity (Wildman–Crippen MR) is 109 cm³/mol. The zero-order valence-corrected chi connectivity index (χ0v) is 17.9. The van der Waals surface area contributed by atoms with Gasteiger partial charge in [-0.3, -0.25) is 9.10 Å². The van der Waals surface area contributed by atoms with Crippen LogP contribution in [0.5, 0.6) is 0 Å². The van der Waals surface area contributed by atoms with Crippen LogP contribution in [0, 0.1) is 11.6 Å². The van der Waals surface area contributed by atoms with Crippen LogP contribution in [0.4, 0.5) is 20.2 Å². The Morgan fingerprint density at radius 1 is 1.17 bits per heavy atom. The monoisotopic (exact) mass is 460 g/mol. The van der Waals surface area contributed by atoms with Gasteiger partial charge in [0.25, 0.3) is 0 Å². The third-order valence-corrected chi connectivity index (χ3v) is 5.55. The molecular weight excluding hydrogens is 442 g/mol. The molecule has 1 atom stereocenters. The minimum absolute atomic E-state index is 0.0181. The number of nitrogens with zero attached hydrogens (tertiary/aromatic N) is 1. The van der Waals surface area contributed by atoms with Crippen molar-refractivity contribution in [3.8, 4) is 0 Å². The van der Waals surface area contributed by atoms with Gasteiger partial charge in [-0.05, 0) is 44.2 Å². The largest absolute Gasteiger partial charge is 0.462 e. The van der Waals surface area contributed by atoms with Crippen LogP contribution in [0.2, 0.25) is 5.02 Å². The van der Waals surface area contributed by atoms with Crippen molar-refractivity contribution in [1.82, 2.24) is 0 Å². The van der Waals surface area contributed by atoms with Gasteiger partial charge in [0.1, 0.15) is 6.04 Å². The van der Waals surface area contributed by atoms with Crippen LogP contribution < -0.4 is 9.62 Å². The van der Waals surface area contributed by atoms with Gasteiger partial charge in [0, 0.05) is 11.8 Å². The summed E-state index contributed by atoms with van der Waals surface area (Å²) < 4.78 is 56.9. The molecule has 30 heavy (non-hydrogen) atoms. The number of anilines is 2. The highest BCUT2D eigenvalue weighted by Gasteiger charge is 2.30. The van der Waals surface area contributed by atoms with Gasteiger partial charge in [0.05, 0.1) is 29.1 Å². The van der Waals surface area contributed by atoms with Crippen LogP contribution in [0.3, 0.4) is 0 Å². The van der Waals surface area contributed by atoms with Crippen molar-refractivity contribution in [3.05, 3.63) is 58.6 Å². The van der Waals surface area contributed by atoms with Crippen LogP contribution in [0.15, 0.2) is 36.4 Å². The molecule has 1 N–H and O–H groups in total. The summed E-state index contributed by atoms with van der Waals surface area (Å²) >= 11 is 5.98. The Hall–Kier alpha value is -2.72. The number of benzene rings is 2. The lowest BCUT2D eigenvalue weighted by atomic mass is 10.2. The van der Waals surface area contributed by atoms with Crippen molar-refractivity contribution in [1.29, 1.82) is 0 Å².